The first-order valence-electron chi connectivity index (χ1n) is 11.1. The highest BCUT2D eigenvalue weighted by Crippen LogP contribution is 2.37. The van der Waals surface area contributed by atoms with E-state index in [9.17, 15) is 13.6 Å². The van der Waals surface area contributed by atoms with Gasteiger partial charge in [0.05, 0.1) is 16.6 Å². The van der Waals surface area contributed by atoms with E-state index in [4.69, 9.17) is 9.47 Å². The fraction of sp³-hybridized carbons (Fsp3) is 0.240. The number of pyridine rings is 1. The summed E-state index contributed by atoms with van der Waals surface area (Å²) in [6.45, 7) is 0.154. The van der Waals surface area contributed by atoms with E-state index in [1.54, 1.807) is 49.5 Å². The van der Waals surface area contributed by atoms with Gasteiger partial charge in [-0.1, -0.05) is 30.8 Å². The molecule has 2 aromatic heterocycles. The minimum atomic E-state index is -2.73. The third kappa shape index (κ3) is 4.79. The van der Waals surface area contributed by atoms with E-state index >= 15 is 0 Å². The maximum atomic E-state index is 13.8. The van der Waals surface area contributed by atoms with Gasteiger partial charge in [0.2, 0.25) is 0 Å². The third-order valence-corrected chi connectivity index (χ3v) is 6.58. The number of hydrogen-bond acceptors (Lipinski definition) is 6. The minimum absolute atomic E-state index is 0.137. The normalized spacial score (nSPS) is 13.7. The second-order valence-electron chi connectivity index (χ2n) is 7.98. The Morgan fingerprint density at radius 3 is 2.74 bits per heavy atom. The molecule has 0 saturated heterocycles. The summed E-state index contributed by atoms with van der Waals surface area (Å²) < 4.78 is 39.7. The second-order valence-corrected chi connectivity index (χ2v) is 9.04. The van der Waals surface area contributed by atoms with Crippen LogP contribution in [0.3, 0.4) is 0 Å². The molecule has 1 aliphatic heterocycles. The zero-order chi connectivity index (χ0) is 24.4. The van der Waals surface area contributed by atoms with Crippen LogP contribution in [0.2, 0.25) is 0 Å². The van der Waals surface area contributed by atoms with Crippen LogP contribution in [-0.4, -0.2) is 40.2 Å². The van der Waals surface area contributed by atoms with E-state index in [0.717, 1.165) is 9.46 Å². The topological polar surface area (TPSA) is 78.3 Å². The Balaban J connectivity index is 1.32. The Labute approximate surface area is 204 Å². The zero-order valence-electron chi connectivity index (χ0n) is 18.8. The fourth-order valence-electron chi connectivity index (χ4n) is 3.89. The van der Waals surface area contributed by atoms with E-state index in [0.29, 0.717) is 46.3 Å². The molecule has 4 aromatic rings. The first-order valence-corrected chi connectivity index (χ1v) is 11.9. The number of nitrogens with zero attached hydrogens (tertiary/aromatic N) is 3. The van der Waals surface area contributed by atoms with Crippen molar-refractivity contribution >= 4 is 28.7 Å². The molecule has 2 aromatic carbocycles. The fourth-order valence-corrected chi connectivity index (χ4v) is 4.80. The molecule has 1 aliphatic rings. The van der Waals surface area contributed by atoms with Crippen molar-refractivity contribution in [1.82, 2.24) is 19.9 Å². The molecule has 180 valence electrons. The predicted octanol–water partition coefficient (Wildman–Crippen LogP) is 5.28. The molecular weight excluding hydrogens is 474 g/mol. The Hall–Kier alpha value is -3.66. The van der Waals surface area contributed by atoms with Gasteiger partial charge in [-0.2, -0.15) is 8.78 Å². The van der Waals surface area contributed by atoms with Crippen LogP contribution in [-0.2, 0) is 0 Å². The molecule has 0 radical (unpaired) electrons. The summed E-state index contributed by atoms with van der Waals surface area (Å²) in [6.07, 6.45) is 1.62. The lowest BCUT2D eigenvalue weighted by molar-refractivity contribution is 0.0703. The number of imidazole rings is 1. The lowest BCUT2D eigenvalue weighted by Crippen LogP contribution is -2.29. The largest absolute Gasteiger partial charge is 0.486 e. The van der Waals surface area contributed by atoms with Crippen molar-refractivity contribution in [2.24, 2.45) is 0 Å². The predicted molar refractivity (Wildman–Crippen MR) is 128 cm³/mol. The Morgan fingerprint density at radius 2 is 1.91 bits per heavy atom. The maximum Gasteiger partial charge on any atom is 0.320 e. The molecule has 0 aliphatic carbocycles. The summed E-state index contributed by atoms with van der Waals surface area (Å²) >= 11 is 1.33. The van der Waals surface area contributed by atoms with Gasteiger partial charge in [0.15, 0.2) is 11.5 Å². The van der Waals surface area contributed by atoms with Gasteiger partial charge in [0, 0.05) is 23.6 Å². The van der Waals surface area contributed by atoms with Gasteiger partial charge in [-0.3, -0.25) is 9.36 Å². The van der Waals surface area contributed by atoms with Crippen molar-refractivity contribution in [2.75, 3.05) is 19.8 Å². The molecule has 0 saturated carbocycles. The standard InChI is InChI=1S/C25H22F2N4O3S/c1-15(22-30-18-6-2-3-7-19(18)31(22)25(26)27)14-29-23(32)17-5-4-10-28-24(17)35-16-8-9-20-21(13-16)34-12-11-33-20/h2-10,13,15,25H,11-12,14H2,1H3,(H,29,32). The van der Waals surface area contributed by atoms with E-state index in [1.807, 2.05) is 18.2 Å². The highest BCUT2D eigenvalue weighted by molar-refractivity contribution is 7.99. The van der Waals surface area contributed by atoms with Crippen LogP contribution in [0.5, 0.6) is 11.5 Å². The molecule has 0 spiro atoms. The van der Waals surface area contributed by atoms with Crippen molar-refractivity contribution in [3.8, 4) is 11.5 Å². The van der Waals surface area contributed by atoms with Crippen molar-refractivity contribution in [3.05, 3.63) is 72.2 Å². The smallest absolute Gasteiger partial charge is 0.320 e. The van der Waals surface area contributed by atoms with Crippen LogP contribution in [0.1, 0.15) is 35.6 Å². The average molecular weight is 497 g/mol. The summed E-state index contributed by atoms with van der Waals surface area (Å²) in [6, 6.07) is 15.7. The molecule has 10 heteroatoms. The third-order valence-electron chi connectivity index (χ3n) is 5.57. The van der Waals surface area contributed by atoms with Crippen LogP contribution in [0.4, 0.5) is 8.78 Å². The van der Waals surface area contributed by atoms with Crippen LogP contribution in [0.25, 0.3) is 11.0 Å². The highest BCUT2D eigenvalue weighted by Gasteiger charge is 2.23. The number of aromatic nitrogens is 3. The van der Waals surface area contributed by atoms with Crippen molar-refractivity contribution in [1.29, 1.82) is 0 Å². The Morgan fingerprint density at radius 1 is 1.11 bits per heavy atom. The molecule has 35 heavy (non-hydrogen) atoms. The molecule has 1 amide bonds. The maximum absolute atomic E-state index is 13.8. The van der Waals surface area contributed by atoms with Crippen molar-refractivity contribution < 1.29 is 23.0 Å². The number of carbonyl (C=O) groups is 1. The molecule has 3 heterocycles. The summed E-state index contributed by atoms with van der Waals surface area (Å²) in [5, 5.41) is 3.37. The number of carbonyl (C=O) groups excluding carboxylic acids is 1. The number of rotatable bonds is 7. The van der Waals surface area contributed by atoms with Crippen LogP contribution in [0, 0.1) is 0 Å². The molecule has 1 unspecified atom stereocenters. The highest BCUT2D eigenvalue weighted by atomic mass is 32.2. The summed E-state index contributed by atoms with van der Waals surface area (Å²) in [4.78, 5) is 22.6. The lowest BCUT2D eigenvalue weighted by Gasteiger charge is -2.19. The molecule has 0 bridgehead atoms. The van der Waals surface area contributed by atoms with Crippen LogP contribution < -0.4 is 14.8 Å². The zero-order valence-corrected chi connectivity index (χ0v) is 19.6. The van der Waals surface area contributed by atoms with Gasteiger partial charge in [-0.05, 0) is 42.5 Å². The number of fused-ring (bicyclic) bond motifs is 2. The summed E-state index contributed by atoms with van der Waals surface area (Å²) in [7, 11) is 0. The summed E-state index contributed by atoms with van der Waals surface area (Å²) in [5.74, 6) is 0.775. The number of alkyl halides is 2. The lowest BCUT2D eigenvalue weighted by atomic mass is 10.1. The molecule has 1 atom stereocenters. The number of hydrogen-bond donors (Lipinski definition) is 1. The van der Waals surface area contributed by atoms with Gasteiger partial charge in [-0.15, -0.1) is 0 Å². The Kier molecular flexibility index (Phi) is 6.54. The van der Waals surface area contributed by atoms with Gasteiger partial charge in [-0.25, -0.2) is 9.97 Å². The first kappa shape index (κ1) is 23.1. The number of amides is 1. The van der Waals surface area contributed by atoms with E-state index < -0.39 is 12.5 Å². The monoisotopic (exact) mass is 496 g/mol. The number of ether oxygens (including phenoxy) is 2. The number of para-hydroxylation sites is 2. The minimum Gasteiger partial charge on any atom is -0.486 e. The molecular formula is C25H22F2N4O3S. The van der Waals surface area contributed by atoms with Crippen molar-refractivity contribution in [3.63, 3.8) is 0 Å². The molecule has 1 N–H and O–H groups in total. The molecule has 5 rings (SSSR count). The SMILES string of the molecule is CC(CNC(=O)c1cccnc1Sc1ccc2c(c1)OCCO2)c1nc2ccccc2n1C(F)F. The van der Waals surface area contributed by atoms with Crippen LogP contribution >= 0.6 is 11.8 Å². The van der Waals surface area contributed by atoms with E-state index in [-0.39, 0.29) is 18.3 Å². The average Bonchev–Trinajstić information content (AvgIpc) is 3.27. The van der Waals surface area contributed by atoms with Crippen LogP contribution in [0.15, 0.2) is 70.7 Å². The number of halogens is 2. The number of nitrogens with one attached hydrogen (secondary N) is 1. The first-order chi connectivity index (χ1) is 17.0. The van der Waals surface area contributed by atoms with Gasteiger partial charge >= 0.3 is 6.55 Å². The van der Waals surface area contributed by atoms with Gasteiger partial charge < -0.3 is 14.8 Å². The van der Waals surface area contributed by atoms with Gasteiger partial charge in [0.25, 0.3) is 5.91 Å². The number of benzene rings is 2. The molecule has 0 fully saturated rings. The van der Waals surface area contributed by atoms with Crippen molar-refractivity contribution in [2.45, 2.75) is 29.3 Å². The second kappa shape index (κ2) is 9.91. The van der Waals surface area contributed by atoms with Gasteiger partial charge in [0.1, 0.15) is 24.1 Å². The van der Waals surface area contributed by atoms with E-state index in [2.05, 4.69) is 15.3 Å². The van der Waals surface area contributed by atoms with E-state index in [1.165, 1.54) is 11.8 Å². The quantitative estimate of drug-likeness (QED) is 0.375. The molecule has 7 nitrogen and oxygen atoms in total. The Bertz CT molecular complexity index is 1380. The summed E-state index contributed by atoms with van der Waals surface area (Å²) in [5.41, 5.74) is 1.24.